The van der Waals surface area contributed by atoms with E-state index in [1.807, 2.05) is 0 Å². The minimum atomic E-state index is -4.13. The van der Waals surface area contributed by atoms with E-state index in [9.17, 15) is 22.8 Å². The first-order valence-corrected chi connectivity index (χ1v) is 9.83. The summed E-state index contributed by atoms with van der Waals surface area (Å²) in [7, 11) is -4.13. The molecule has 3 rings (SSSR count). The fraction of sp³-hybridized carbons (Fsp3) is 0.0588. The molecule has 0 saturated carbocycles. The number of primary amides is 1. The maximum Gasteiger partial charge on any atom is 0.339 e. The maximum atomic E-state index is 13.6. The molecule has 0 aliphatic heterocycles. The van der Waals surface area contributed by atoms with Crippen LogP contribution >= 0.6 is 11.6 Å². The summed E-state index contributed by atoms with van der Waals surface area (Å²) < 4.78 is 43.1. The van der Waals surface area contributed by atoms with Gasteiger partial charge in [0.25, 0.3) is 0 Å². The van der Waals surface area contributed by atoms with Crippen LogP contribution in [0.4, 0.5) is 9.18 Å². The Kier molecular flexibility index (Phi) is 5.57. The summed E-state index contributed by atoms with van der Waals surface area (Å²) in [5.74, 6) is -0.868. The second-order valence-corrected chi connectivity index (χ2v) is 7.79. The molecule has 0 saturated heterocycles. The lowest BCUT2D eigenvalue weighted by atomic mass is 10.1. The lowest BCUT2D eigenvalue weighted by Crippen LogP contribution is -2.32. The van der Waals surface area contributed by atoms with Crippen molar-refractivity contribution < 1.29 is 27.2 Å². The van der Waals surface area contributed by atoms with E-state index in [4.69, 9.17) is 26.9 Å². The monoisotopic (exact) mass is 440 g/mol. The third-order valence-electron chi connectivity index (χ3n) is 3.84. The van der Waals surface area contributed by atoms with Crippen LogP contribution in [-0.2, 0) is 16.6 Å². The van der Waals surface area contributed by atoms with Gasteiger partial charge in [0.1, 0.15) is 18.1 Å². The summed E-state index contributed by atoms with van der Waals surface area (Å²) in [6.45, 7) is -0.519. The van der Waals surface area contributed by atoms with Gasteiger partial charge in [0.05, 0.1) is 9.92 Å². The van der Waals surface area contributed by atoms with E-state index in [1.54, 1.807) is 6.07 Å². The summed E-state index contributed by atoms with van der Waals surface area (Å²) in [6, 6.07) is 8.31. The van der Waals surface area contributed by atoms with Crippen molar-refractivity contribution in [2.24, 2.45) is 10.9 Å². The standard InChI is InChI=1S/C17H14ClFN4O5S/c18-11-7-9(5-6-12(11)19)15-16(28-14(22-15)8-23(25)17(20)24)10-3-1-2-4-13(10)29(21,26)27/h1-7,25H,8H2,(H2,20,24)(H2,21,26,27). The zero-order chi connectivity index (χ0) is 21.3. The number of aromatic nitrogens is 1. The van der Waals surface area contributed by atoms with E-state index < -0.39 is 28.4 Å². The first-order valence-electron chi connectivity index (χ1n) is 7.91. The van der Waals surface area contributed by atoms with Gasteiger partial charge in [-0.2, -0.15) is 5.06 Å². The van der Waals surface area contributed by atoms with Gasteiger partial charge < -0.3 is 10.2 Å². The summed E-state index contributed by atoms with van der Waals surface area (Å²) in [4.78, 5) is 15.0. The number of sulfonamides is 1. The number of carbonyl (C=O) groups is 1. The Morgan fingerprint density at radius 2 is 1.97 bits per heavy atom. The molecule has 0 fully saturated rings. The number of nitrogens with two attached hydrogens (primary N) is 2. The smallest absolute Gasteiger partial charge is 0.339 e. The Morgan fingerprint density at radius 3 is 2.59 bits per heavy atom. The maximum absolute atomic E-state index is 13.6. The number of nitrogens with zero attached hydrogens (tertiary/aromatic N) is 2. The van der Waals surface area contributed by atoms with Gasteiger partial charge in [-0.3, -0.25) is 5.21 Å². The van der Waals surface area contributed by atoms with Crippen molar-refractivity contribution in [2.75, 3.05) is 0 Å². The van der Waals surface area contributed by atoms with E-state index in [-0.39, 0.29) is 37.9 Å². The van der Waals surface area contributed by atoms with Gasteiger partial charge in [-0.1, -0.05) is 23.7 Å². The molecule has 0 atom stereocenters. The van der Waals surface area contributed by atoms with Crippen LogP contribution in [0.2, 0.25) is 5.02 Å². The number of rotatable bonds is 5. The largest absolute Gasteiger partial charge is 0.438 e. The number of primary sulfonamides is 1. The predicted molar refractivity (Wildman–Crippen MR) is 101 cm³/mol. The molecule has 5 N–H and O–H groups in total. The molecule has 12 heteroatoms. The molecule has 0 aliphatic carbocycles. The number of hydroxylamine groups is 2. The molecular weight excluding hydrogens is 427 g/mol. The highest BCUT2D eigenvalue weighted by Crippen LogP contribution is 2.37. The first kappa shape index (κ1) is 20.7. The van der Waals surface area contributed by atoms with Crippen LogP contribution in [0.15, 0.2) is 51.8 Å². The van der Waals surface area contributed by atoms with Crippen LogP contribution < -0.4 is 10.9 Å². The van der Waals surface area contributed by atoms with Gasteiger partial charge in [-0.05, 0) is 30.3 Å². The molecule has 0 spiro atoms. The van der Waals surface area contributed by atoms with Crippen molar-refractivity contribution in [1.29, 1.82) is 0 Å². The SMILES string of the molecule is NC(=O)N(O)Cc1nc(-c2ccc(F)c(Cl)c2)c(-c2ccccc2S(N)(=O)=O)o1. The van der Waals surface area contributed by atoms with Crippen LogP contribution in [0.1, 0.15) is 5.89 Å². The van der Waals surface area contributed by atoms with Crippen LogP contribution in [0.5, 0.6) is 0 Å². The molecule has 0 unspecified atom stereocenters. The second-order valence-electron chi connectivity index (χ2n) is 5.85. The normalized spacial score (nSPS) is 11.4. The highest BCUT2D eigenvalue weighted by atomic mass is 35.5. The molecule has 0 bridgehead atoms. The van der Waals surface area contributed by atoms with Crippen molar-refractivity contribution >= 4 is 27.7 Å². The molecule has 29 heavy (non-hydrogen) atoms. The summed E-state index contributed by atoms with van der Waals surface area (Å²) >= 11 is 5.84. The minimum absolute atomic E-state index is 0.0369. The van der Waals surface area contributed by atoms with E-state index in [2.05, 4.69) is 4.98 Å². The fourth-order valence-corrected chi connectivity index (χ4v) is 3.48. The van der Waals surface area contributed by atoms with Crippen molar-refractivity contribution in [3.8, 4) is 22.6 Å². The van der Waals surface area contributed by atoms with E-state index >= 15 is 0 Å². The number of hydrogen-bond acceptors (Lipinski definition) is 6. The van der Waals surface area contributed by atoms with Gasteiger partial charge in [0.2, 0.25) is 15.9 Å². The van der Waals surface area contributed by atoms with E-state index in [1.165, 1.54) is 30.3 Å². The molecular formula is C17H14ClFN4O5S. The molecule has 0 aliphatic rings. The number of benzene rings is 2. The molecule has 152 valence electrons. The zero-order valence-corrected chi connectivity index (χ0v) is 16.1. The number of hydrogen-bond donors (Lipinski definition) is 3. The molecule has 1 heterocycles. The summed E-state index contributed by atoms with van der Waals surface area (Å²) in [5.41, 5.74) is 5.45. The molecule has 1 aromatic heterocycles. The van der Waals surface area contributed by atoms with Crippen molar-refractivity contribution in [2.45, 2.75) is 11.4 Å². The van der Waals surface area contributed by atoms with Crippen molar-refractivity contribution in [3.63, 3.8) is 0 Å². The molecule has 2 amide bonds. The fourth-order valence-electron chi connectivity index (χ4n) is 2.56. The number of carbonyl (C=O) groups excluding carboxylic acids is 1. The van der Waals surface area contributed by atoms with Crippen molar-refractivity contribution in [1.82, 2.24) is 10.0 Å². The number of oxazole rings is 1. The highest BCUT2D eigenvalue weighted by molar-refractivity contribution is 7.89. The van der Waals surface area contributed by atoms with Gasteiger partial charge in [0, 0.05) is 11.1 Å². The Bertz CT molecular complexity index is 1200. The van der Waals surface area contributed by atoms with Crippen LogP contribution in [0, 0.1) is 5.82 Å². The average Bonchev–Trinajstić information content (AvgIpc) is 3.07. The minimum Gasteiger partial charge on any atom is -0.438 e. The molecule has 2 aromatic carbocycles. The Morgan fingerprint density at radius 1 is 1.28 bits per heavy atom. The third kappa shape index (κ3) is 4.38. The highest BCUT2D eigenvalue weighted by Gasteiger charge is 2.24. The first-order chi connectivity index (χ1) is 13.6. The van der Waals surface area contributed by atoms with Crippen LogP contribution in [0.25, 0.3) is 22.6 Å². The third-order valence-corrected chi connectivity index (χ3v) is 5.10. The average molecular weight is 441 g/mol. The lowest BCUT2D eigenvalue weighted by molar-refractivity contribution is -0.0523. The quantitative estimate of drug-likeness (QED) is 0.409. The Hall–Kier alpha value is -2.99. The van der Waals surface area contributed by atoms with Crippen LogP contribution in [0.3, 0.4) is 0 Å². The van der Waals surface area contributed by atoms with Crippen molar-refractivity contribution in [3.05, 3.63) is 59.2 Å². The van der Waals surface area contributed by atoms with Gasteiger partial charge in [-0.15, -0.1) is 0 Å². The van der Waals surface area contributed by atoms with Gasteiger partial charge in [-0.25, -0.2) is 27.7 Å². The predicted octanol–water partition coefficient (Wildman–Crippen LogP) is 2.72. The van der Waals surface area contributed by atoms with Gasteiger partial charge >= 0.3 is 6.03 Å². The summed E-state index contributed by atoms with van der Waals surface area (Å²) in [5, 5.41) is 14.8. The van der Waals surface area contributed by atoms with Crippen LogP contribution in [-0.4, -0.2) is 29.7 Å². The lowest BCUT2D eigenvalue weighted by Gasteiger charge is -2.08. The Balaban J connectivity index is 2.24. The van der Waals surface area contributed by atoms with E-state index in [0.29, 0.717) is 5.56 Å². The van der Waals surface area contributed by atoms with E-state index in [0.717, 1.165) is 6.07 Å². The number of amides is 2. The Labute approximate surface area is 169 Å². The molecule has 3 aromatic rings. The van der Waals surface area contributed by atoms with Gasteiger partial charge in [0.15, 0.2) is 5.76 Å². The zero-order valence-electron chi connectivity index (χ0n) is 14.5. The number of urea groups is 1. The molecule has 0 radical (unpaired) electrons. The number of halogens is 2. The topological polar surface area (TPSA) is 153 Å². The molecule has 9 nitrogen and oxygen atoms in total. The summed E-state index contributed by atoms with van der Waals surface area (Å²) in [6.07, 6.45) is 0. The second kappa shape index (κ2) is 7.79.